The smallest absolute Gasteiger partial charge is 0.260 e. The van der Waals surface area contributed by atoms with E-state index in [1.54, 1.807) is 0 Å². The Hall–Kier alpha value is -1.10. The zero-order valence-corrected chi connectivity index (χ0v) is 13.0. The number of rotatable bonds is 2. The fourth-order valence-corrected chi connectivity index (χ4v) is 3.69. The van der Waals surface area contributed by atoms with Gasteiger partial charge in [-0.3, -0.25) is 4.79 Å². The molecule has 10 heteroatoms. The molecular formula is C11H11BrF2N2O4S. The van der Waals surface area contributed by atoms with Gasteiger partial charge in [0.1, 0.15) is 16.3 Å². The highest BCUT2D eigenvalue weighted by Gasteiger charge is 2.31. The van der Waals surface area contributed by atoms with Crippen LogP contribution >= 0.6 is 15.9 Å². The predicted molar refractivity (Wildman–Crippen MR) is 72.2 cm³/mol. The lowest BCUT2D eigenvalue weighted by Crippen LogP contribution is -2.41. The van der Waals surface area contributed by atoms with Crippen molar-refractivity contribution in [3.05, 3.63) is 27.7 Å². The lowest BCUT2D eigenvalue weighted by atomic mass is 10.1. The molecule has 0 aliphatic carbocycles. The second-order valence-electron chi connectivity index (χ2n) is 4.31. The minimum atomic E-state index is -4.45. The van der Waals surface area contributed by atoms with Gasteiger partial charge in [-0.15, -0.1) is 0 Å². The van der Waals surface area contributed by atoms with Gasteiger partial charge in [0.15, 0.2) is 5.82 Å². The van der Waals surface area contributed by atoms with E-state index in [0.29, 0.717) is 6.07 Å². The van der Waals surface area contributed by atoms with Crippen LogP contribution in [0.3, 0.4) is 0 Å². The number of carbonyl (C=O) groups is 1. The largest absolute Gasteiger partial charge is 0.378 e. The zero-order chi connectivity index (χ0) is 15.8. The van der Waals surface area contributed by atoms with E-state index in [0.717, 1.165) is 0 Å². The number of benzene rings is 1. The first-order chi connectivity index (χ1) is 9.73. The first-order valence-electron chi connectivity index (χ1n) is 5.80. The normalized spacial score (nSPS) is 16.1. The molecule has 6 nitrogen and oxygen atoms in total. The van der Waals surface area contributed by atoms with Gasteiger partial charge >= 0.3 is 0 Å². The van der Waals surface area contributed by atoms with Crippen LogP contribution in [0, 0.1) is 11.6 Å². The second kappa shape index (κ2) is 5.95. The van der Waals surface area contributed by atoms with E-state index < -0.39 is 38.0 Å². The Kier molecular flexibility index (Phi) is 4.61. The SMILES string of the molecule is NS(=O)(=O)c1c(Br)cc(F)c(C(=O)N2CCOCC2)c1F. The molecule has 2 N–H and O–H groups in total. The van der Waals surface area contributed by atoms with Gasteiger partial charge in [-0.25, -0.2) is 22.3 Å². The summed E-state index contributed by atoms with van der Waals surface area (Å²) in [5, 5.41) is 4.89. The van der Waals surface area contributed by atoms with Gasteiger partial charge in [0.2, 0.25) is 10.0 Å². The summed E-state index contributed by atoms with van der Waals surface area (Å²) in [4.78, 5) is 12.4. The Labute approximate surface area is 128 Å². The molecule has 0 spiro atoms. The Bertz CT molecular complexity index is 690. The maximum atomic E-state index is 14.3. The maximum absolute atomic E-state index is 14.3. The average molecular weight is 385 g/mol. The molecule has 1 aliphatic rings. The lowest BCUT2D eigenvalue weighted by Gasteiger charge is -2.27. The topological polar surface area (TPSA) is 89.7 Å². The summed E-state index contributed by atoms with van der Waals surface area (Å²) >= 11 is 2.73. The second-order valence-corrected chi connectivity index (χ2v) is 6.66. The highest BCUT2D eigenvalue weighted by atomic mass is 79.9. The molecule has 116 valence electrons. The molecule has 1 aromatic carbocycles. The monoisotopic (exact) mass is 384 g/mol. The van der Waals surface area contributed by atoms with Gasteiger partial charge in [0.25, 0.3) is 5.91 Å². The summed E-state index contributed by atoms with van der Waals surface area (Å²) in [6, 6.07) is 0.705. The number of carbonyl (C=O) groups excluding carboxylic acids is 1. The molecule has 1 aliphatic heterocycles. The van der Waals surface area contributed by atoms with E-state index in [1.165, 1.54) is 4.90 Å². The van der Waals surface area contributed by atoms with E-state index in [1.807, 2.05) is 0 Å². The van der Waals surface area contributed by atoms with Crippen molar-refractivity contribution in [2.75, 3.05) is 26.3 Å². The Morgan fingerprint density at radius 2 is 1.90 bits per heavy atom. The molecule has 21 heavy (non-hydrogen) atoms. The molecule has 1 aromatic rings. The quantitative estimate of drug-likeness (QED) is 0.818. The molecule has 1 heterocycles. The van der Waals surface area contributed by atoms with Crippen LogP contribution in [0.4, 0.5) is 8.78 Å². The van der Waals surface area contributed by atoms with Crippen LogP contribution in [-0.2, 0) is 14.8 Å². The van der Waals surface area contributed by atoms with Crippen molar-refractivity contribution in [3.8, 4) is 0 Å². The molecular weight excluding hydrogens is 374 g/mol. The van der Waals surface area contributed by atoms with Gasteiger partial charge in [-0.05, 0) is 22.0 Å². The van der Waals surface area contributed by atoms with Crippen molar-refractivity contribution in [2.24, 2.45) is 5.14 Å². The van der Waals surface area contributed by atoms with Gasteiger partial charge in [-0.1, -0.05) is 0 Å². The average Bonchev–Trinajstić information content (AvgIpc) is 2.37. The summed E-state index contributed by atoms with van der Waals surface area (Å²) in [7, 11) is -4.45. The fraction of sp³-hybridized carbons (Fsp3) is 0.364. The van der Waals surface area contributed by atoms with Crippen LogP contribution < -0.4 is 5.14 Å². The van der Waals surface area contributed by atoms with Crippen molar-refractivity contribution < 1.29 is 26.7 Å². The van der Waals surface area contributed by atoms with Crippen molar-refractivity contribution in [1.29, 1.82) is 0 Å². The minimum absolute atomic E-state index is 0.165. The van der Waals surface area contributed by atoms with Crippen LogP contribution in [0.1, 0.15) is 10.4 Å². The van der Waals surface area contributed by atoms with E-state index >= 15 is 0 Å². The summed E-state index contributed by atoms with van der Waals surface area (Å²) in [6.45, 7) is 0.818. The van der Waals surface area contributed by atoms with Crippen molar-refractivity contribution in [2.45, 2.75) is 4.90 Å². The highest BCUT2D eigenvalue weighted by molar-refractivity contribution is 9.10. The zero-order valence-electron chi connectivity index (χ0n) is 10.6. The Balaban J connectivity index is 2.56. The number of halogens is 3. The molecule has 0 atom stereocenters. The number of morpholine rings is 1. The Morgan fingerprint density at radius 1 is 1.33 bits per heavy atom. The predicted octanol–water partition coefficient (Wildman–Crippen LogP) is 0.847. The molecule has 2 rings (SSSR count). The number of sulfonamides is 1. The van der Waals surface area contributed by atoms with Crippen molar-refractivity contribution in [1.82, 2.24) is 4.90 Å². The van der Waals surface area contributed by atoms with Crippen LogP contribution in [0.5, 0.6) is 0 Å². The molecule has 0 bridgehead atoms. The fourth-order valence-electron chi connectivity index (χ4n) is 1.95. The van der Waals surface area contributed by atoms with Crippen molar-refractivity contribution in [3.63, 3.8) is 0 Å². The van der Waals surface area contributed by atoms with Gasteiger partial charge in [0.05, 0.1) is 13.2 Å². The number of ether oxygens (including phenoxy) is 1. The highest BCUT2D eigenvalue weighted by Crippen LogP contribution is 2.29. The lowest BCUT2D eigenvalue weighted by molar-refractivity contribution is 0.0296. The number of nitrogens with zero attached hydrogens (tertiary/aromatic N) is 1. The molecule has 1 amide bonds. The molecule has 1 saturated heterocycles. The Morgan fingerprint density at radius 3 is 2.43 bits per heavy atom. The molecule has 0 aromatic heterocycles. The molecule has 0 saturated carbocycles. The summed E-state index contributed by atoms with van der Waals surface area (Å²) in [5.74, 6) is -3.60. The van der Waals surface area contributed by atoms with Gasteiger partial charge in [0, 0.05) is 17.6 Å². The van der Waals surface area contributed by atoms with E-state index in [2.05, 4.69) is 15.9 Å². The summed E-state index contributed by atoms with van der Waals surface area (Å²) < 4.78 is 55.6. The number of nitrogens with two attached hydrogens (primary N) is 1. The minimum Gasteiger partial charge on any atom is -0.378 e. The van der Waals surface area contributed by atoms with E-state index in [4.69, 9.17) is 9.88 Å². The number of amides is 1. The third-order valence-corrected chi connectivity index (χ3v) is 4.78. The summed E-state index contributed by atoms with van der Waals surface area (Å²) in [5.41, 5.74) is -0.941. The molecule has 0 unspecified atom stereocenters. The maximum Gasteiger partial charge on any atom is 0.260 e. The van der Waals surface area contributed by atoms with Crippen LogP contribution in [0.15, 0.2) is 15.4 Å². The van der Waals surface area contributed by atoms with Gasteiger partial charge in [-0.2, -0.15) is 0 Å². The standard InChI is InChI=1S/C11H11BrF2N2O4S/c12-6-5-7(13)8(9(14)10(6)21(15,18)19)11(17)16-1-3-20-4-2-16/h5H,1-4H2,(H2,15,18,19). The van der Waals surface area contributed by atoms with Gasteiger partial charge < -0.3 is 9.64 Å². The first-order valence-corrected chi connectivity index (χ1v) is 8.14. The first kappa shape index (κ1) is 16.3. The van der Waals surface area contributed by atoms with Crippen LogP contribution in [-0.4, -0.2) is 45.5 Å². The van der Waals surface area contributed by atoms with E-state index in [-0.39, 0.29) is 30.8 Å². The number of primary sulfonamides is 1. The summed E-state index contributed by atoms with van der Waals surface area (Å²) in [6.07, 6.45) is 0. The third-order valence-electron chi connectivity index (χ3n) is 2.92. The number of hydrogen-bond acceptors (Lipinski definition) is 4. The number of hydrogen-bond donors (Lipinski definition) is 1. The van der Waals surface area contributed by atoms with Crippen LogP contribution in [0.25, 0.3) is 0 Å². The van der Waals surface area contributed by atoms with E-state index in [9.17, 15) is 22.0 Å². The third kappa shape index (κ3) is 3.23. The van der Waals surface area contributed by atoms with Crippen LogP contribution in [0.2, 0.25) is 0 Å². The van der Waals surface area contributed by atoms with Crippen molar-refractivity contribution >= 4 is 31.9 Å². The molecule has 0 radical (unpaired) electrons. The molecule has 1 fully saturated rings.